The van der Waals surface area contributed by atoms with Gasteiger partial charge in [0, 0.05) is 11.8 Å². The second-order valence-electron chi connectivity index (χ2n) is 9.42. The Kier molecular flexibility index (Phi) is 8.51. The van der Waals surface area contributed by atoms with Crippen LogP contribution in [0.15, 0.2) is 83.8 Å². The number of aliphatic hydroxyl groups excluding tert-OH is 1. The number of benzene rings is 3. The largest absolute Gasteiger partial charge is 0.497 e. The number of rotatable bonds is 9. The maximum absolute atomic E-state index is 13.5. The number of thioether (sulfide) groups is 1. The minimum absolute atomic E-state index is 0.0222. The maximum atomic E-state index is 13.5. The van der Waals surface area contributed by atoms with Crippen molar-refractivity contribution in [2.75, 3.05) is 13.7 Å². The van der Waals surface area contributed by atoms with E-state index >= 15 is 0 Å². The van der Waals surface area contributed by atoms with Crippen LogP contribution in [0, 0.1) is 0 Å². The average molecular weight is 564 g/mol. The zero-order chi connectivity index (χ0) is 28.2. The Bertz CT molecular complexity index is 1330. The lowest BCUT2D eigenvalue weighted by molar-refractivity contribution is -0.204. The van der Waals surface area contributed by atoms with E-state index in [0.29, 0.717) is 0 Å². The summed E-state index contributed by atoms with van der Waals surface area (Å²) in [5.41, 5.74) is 0.516. The van der Waals surface area contributed by atoms with Gasteiger partial charge < -0.3 is 24.1 Å². The molecule has 9 nitrogen and oxygen atoms in total. The molecule has 5 rings (SSSR count). The Hall–Kier alpha value is -3.70. The molecular formula is C30H29NO8S. The van der Waals surface area contributed by atoms with Crippen molar-refractivity contribution in [3.8, 4) is 5.75 Å². The van der Waals surface area contributed by atoms with E-state index in [-0.39, 0.29) is 24.3 Å². The number of ether oxygens (including phenoxy) is 4. The van der Waals surface area contributed by atoms with Gasteiger partial charge in [0.15, 0.2) is 6.10 Å². The lowest BCUT2D eigenvalue weighted by Crippen LogP contribution is -2.65. The Balaban J connectivity index is 1.43. The smallest absolute Gasteiger partial charge is 0.303 e. The van der Waals surface area contributed by atoms with E-state index in [2.05, 4.69) is 0 Å². The van der Waals surface area contributed by atoms with Gasteiger partial charge in [0.05, 0.1) is 31.5 Å². The number of hydrogen-bond donors (Lipinski definition) is 1. The molecule has 2 amide bonds. The highest BCUT2D eigenvalue weighted by Gasteiger charge is 2.55. The standard InChI is InChI=1S/C30H29NO8S/c1-18(32)38-27-25(31-28(34)22-10-6-7-11-23(22)29(31)35)30(40-21-8-4-3-5-9-21)39-24(26(27)33)17-37-16-19-12-14-20(36-2)15-13-19/h3-15,24-27,30,33H,16-17H2,1-2H3/t24-,25-,26-,27-,30+/m1/s1. The van der Waals surface area contributed by atoms with Crippen LogP contribution in [0.4, 0.5) is 0 Å². The van der Waals surface area contributed by atoms with Gasteiger partial charge in [-0.15, -0.1) is 0 Å². The van der Waals surface area contributed by atoms with Gasteiger partial charge >= 0.3 is 5.97 Å². The molecule has 1 saturated heterocycles. The van der Waals surface area contributed by atoms with E-state index in [1.165, 1.54) is 18.7 Å². The summed E-state index contributed by atoms with van der Waals surface area (Å²) >= 11 is 1.27. The molecule has 2 aliphatic rings. The van der Waals surface area contributed by atoms with Crippen LogP contribution in [0.25, 0.3) is 0 Å². The normalized spacial score (nSPS) is 24.1. The second kappa shape index (κ2) is 12.2. The SMILES string of the molecule is COc1ccc(COC[C@H]2O[C@@H](Sc3ccccc3)[C@H](N3C(=O)c4ccccc4C3=O)[C@@H](OC(C)=O)[C@@H]2O)cc1. The topological polar surface area (TPSA) is 112 Å². The fourth-order valence-electron chi connectivity index (χ4n) is 4.86. The van der Waals surface area contributed by atoms with Gasteiger partial charge in [-0.05, 0) is 42.0 Å². The molecule has 40 heavy (non-hydrogen) atoms. The van der Waals surface area contributed by atoms with Crippen molar-refractivity contribution in [1.82, 2.24) is 4.90 Å². The van der Waals surface area contributed by atoms with Crippen LogP contribution in [0.3, 0.4) is 0 Å². The summed E-state index contributed by atoms with van der Waals surface area (Å²) in [6.07, 6.45) is -3.53. The van der Waals surface area contributed by atoms with E-state index < -0.39 is 47.6 Å². The van der Waals surface area contributed by atoms with Crippen molar-refractivity contribution in [3.63, 3.8) is 0 Å². The molecule has 0 radical (unpaired) electrons. The number of hydrogen-bond acceptors (Lipinski definition) is 9. The predicted octanol–water partition coefficient (Wildman–Crippen LogP) is 3.69. The summed E-state index contributed by atoms with van der Waals surface area (Å²) in [7, 11) is 1.59. The van der Waals surface area contributed by atoms with Crippen LogP contribution in [-0.2, 0) is 25.6 Å². The molecule has 0 unspecified atom stereocenters. The van der Waals surface area contributed by atoms with Gasteiger partial charge in [-0.1, -0.05) is 54.2 Å². The first-order valence-corrected chi connectivity index (χ1v) is 13.7. The molecule has 208 valence electrons. The lowest BCUT2D eigenvalue weighted by Gasteiger charge is -2.46. The van der Waals surface area contributed by atoms with Crippen LogP contribution in [0.5, 0.6) is 5.75 Å². The van der Waals surface area contributed by atoms with Crippen LogP contribution in [-0.4, -0.2) is 71.3 Å². The third kappa shape index (κ3) is 5.75. The molecule has 3 aromatic carbocycles. The van der Waals surface area contributed by atoms with E-state index in [1.54, 1.807) is 31.4 Å². The summed E-state index contributed by atoms with van der Waals surface area (Å²) in [4.78, 5) is 41.0. The Morgan fingerprint density at radius 2 is 1.57 bits per heavy atom. The molecule has 5 atom stereocenters. The quantitative estimate of drug-likeness (QED) is 0.308. The Morgan fingerprint density at radius 3 is 2.17 bits per heavy atom. The molecule has 2 heterocycles. The monoisotopic (exact) mass is 563 g/mol. The molecule has 0 bridgehead atoms. The van der Waals surface area contributed by atoms with Crippen molar-refractivity contribution in [2.45, 2.75) is 48.2 Å². The Morgan fingerprint density at radius 1 is 0.950 bits per heavy atom. The summed E-state index contributed by atoms with van der Waals surface area (Å²) in [6, 6.07) is 22.1. The van der Waals surface area contributed by atoms with Gasteiger partial charge in [-0.25, -0.2) is 0 Å². The van der Waals surface area contributed by atoms with Crippen LogP contribution in [0.2, 0.25) is 0 Å². The number of fused-ring (bicyclic) bond motifs is 1. The number of aliphatic hydroxyl groups is 1. The highest BCUT2D eigenvalue weighted by Crippen LogP contribution is 2.40. The van der Waals surface area contributed by atoms with Gasteiger partial charge in [0.25, 0.3) is 11.8 Å². The lowest BCUT2D eigenvalue weighted by atomic mass is 9.96. The molecule has 1 fully saturated rings. The summed E-state index contributed by atoms with van der Waals surface area (Å²) in [6.45, 7) is 1.44. The van der Waals surface area contributed by atoms with Crippen LogP contribution >= 0.6 is 11.8 Å². The molecule has 0 aromatic heterocycles. The highest BCUT2D eigenvalue weighted by molar-refractivity contribution is 7.99. The van der Waals surface area contributed by atoms with Gasteiger partial charge in [-0.3, -0.25) is 19.3 Å². The fourth-order valence-corrected chi connectivity index (χ4v) is 6.06. The highest BCUT2D eigenvalue weighted by atomic mass is 32.2. The van der Waals surface area contributed by atoms with E-state index in [4.69, 9.17) is 18.9 Å². The number of imide groups is 1. The predicted molar refractivity (Wildman–Crippen MR) is 146 cm³/mol. The third-order valence-electron chi connectivity index (χ3n) is 6.77. The van der Waals surface area contributed by atoms with Crippen molar-refractivity contribution >= 4 is 29.5 Å². The minimum atomic E-state index is -1.37. The number of methoxy groups -OCH3 is 1. The van der Waals surface area contributed by atoms with Gasteiger partial charge in [-0.2, -0.15) is 0 Å². The third-order valence-corrected chi connectivity index (χ3v) is 7.94. The molecule has 1 N–H and O–H groups in total. The summed E-state index contributed by atoms with van der Waals surface area (Å²) in [5, 5.41) is 11.4. The van der Waals surface area contributed by atoms with Crippen molar-refractivity contribution < 1.29 is 38.4 Å². The van der Waals surface area contributed by atoms with E-state index in [9.17, 15) is 19.5 Å². The Labute approximate surface area is 236 Å². The number of nitrogens with zero attached hydrogens (tertiary/aromatic N) is 1. The first-order valence-electron chi connectivity index (χ1n) is 12.8. The van der Waals surface area contributed by atoms with Crippen LogP contribution in [0.1, 0.15) is 33.2 Å². The first-order chi connectivity index (χ1) is 19.4. The molecule has 0 aliphatic carbocycles. The van der Waals surface area contributed by atoms with Crippen molar-refractivity contribution in [1.29, 1.82) is 0 Å². The number of amides is 2. The average Bonchev–Trinajstić information content (AvgIpc) is 3.21. The van der Waals surface area contributed by atoms with Crippen molar-refractivity contribution in [2.24, 2.45) is 0 Å². The van der Waals surface area contributed by atoms with Gasteiger partial charge in [0.1, 0.15) is 29.4 Å². The number of carbonyl (C=O) groups is 3. The zero-order valence-corrected chi connectivity index (χ0v) is 22.8. The molecule has 3 aromatic rings. The molecule has 2 aliphatic heterocycles. The number of esters is 1. The molecular weight excluding hydrogens is 534 g/mol. The fraction of sp³-hybridized carbons (Fsp3) is 0.300. The number of carbonyl (C=O) groups excluding carboxylic acids is 3. The zero-order valence-electron chi connectivity index (χ0n) is 22.0. The molecule has 0 saturated carbocycles. The van der Waals surface area contributed by atoms with Crippen LogP contribution < -0.4 is 4.74 Å². The summed E-state index contributed by atoms with van der Waals surface area (Å²) < 4.78 is 23.0. The molecule has 0 spiro atoms. The van der Waals surface area contributed by atoms with Gasteiger partial charge in [0.2, 0.25) is 0 Å². The maximum Gasteiger partial charge on any atom is 0.303 e. The minimum Gasteiger partial charge on any atom is -0.497 e. The van der Waals surface area contributed by atoms with E-state index in [0.717, 1.165) is 21.1 Å². The second-order valence-corrected chi connectivity index (χ2v) is 10.6. The van der Waals surface area contributed by atoms with E-state index in [1.807, 2.05) is 54.6 Å². The first kappa shape index (κ1) is 27.9. The summed E-state index contributed by atoms with van der Waals surface area (Å²) in [5.74, 6) is -1.01. The van der Waals surface area contributed by atoms with Crippen molar-refractivity contribution in [3.05, 3.63) is 95.6 Å². The molecule has 10 heteroatoms.